The zero-order valence-electron chi connectivity index (χ0n) is 10.8. The fourth-order valence-electron chi connectivity index (χ4n) is 1.88. The van der Waals surface area contributed by atoms with E-state index in [1.807, 2.05) is 0 Å². The summed E-state index contributed by atoms with van der Waals surface area (Å²) in [7, 11) is 3.18. The highest BCUT2D eigenvalue weighted by molar-refractivity contribution is 5.19. The predicted octanol–water partition coefficient (Wildman–Crippen LogP) is 2.42. The van der Waals surface area contributed by atoms with E-state index in [4.69, 9.17) is 10.3 Å². The van der Waals surface area contributed by atoms with Gasteiger partial charge in [0, 0.05) is 24.1 Å². The largest absolute Gasteiger partial charge is 0.384 e. The first-order valence-electron chi connectivity index (χ1n) is 5.76. The molecule has 1 unspecified atom stereocenters. The molecule has 0 radical (unpaired) electrons. The molecule has 0 aliphatic heterocycles. The van der Waals surface area contributed by atoms with Gasteiger partial charge in [0.1, 0.15) is 11.6 Å². The predicted molar refractivity (Wildman–Crippen MR) is 67.7 cm³/mol. The molecule has 0 spiro atoms. The third-order valence-corrected chi connectivity index (χ3v) is 2.75. The van der Waals surface area contributed by atoms with Crippen molar-refractivity contribution in [3.63, 3.8) is 0 Å². The average Bonchev–Trinajstić information content (AvgIpc) is 2.34. The van der Waals surface area contributed by atoms with Crippen LogP contribution in [-0.4, -0.2) is 32.8 Å². The van der Waals surface area contributed by atoms with Crippen molar-refractivity contribution in [3.05, 3.63) is 45.8 Å². The summed E-state index contributed by atoms with van der Waals surface area (Å²) >= 11 is 0. The fourth-order valence-corrected chi connectivity index (χ4v) is 1.88. The van der Waals surface area contributed by atoms with Crippen LogP contribution in [0.2, 0.25) is 0 Å². The van der Waals surface area contributed by atoms with Crippen molar-refractivity contribution >= 4 is 0 Å². The Kier molecular flexibility index (Phi) is 6.21. The van der Waals surface area contributed by atoms with Crippen molar-refractivity contribution in [1.29, 1.82) is 0 Å². The summed E-state index contributed by atoms with van der Waals surface area (Å²) < 4.78 is 31.2. The lowest BCUT2D eigenvalue weighted by atomic mass is 10.00. The van der Waals surface area contributed by atoms with E-state index in [9.17, 15) is 8.78 Å². The van der Waals surface area contributed by atoms with Crippen LogP contribution in [0.5, 0.6) is 0 Å². The van der Waals surface area contributed by atoms with Crippen LogP contribution in [0.25, 0.3) is 10.4 Å². The number of azide groups is 1. The van der Waals surface area contributed by atoms with Gasteiger partial charge in [-0.3, -0.25) is 0 Å². The Morgan fingerprint density at radius 2 is 2.00 bits per heavy atom. The van der Waals surface area contributed by atoms with Gasteiger partial charge in [0.25, 0.3) is 0 Å². The van der Waals surface area contributed by atoms with Crippen LogP contribution in [0, 0.1) is 11.6 Å². The summed E-state index contributed by atoms with van der Waals surface area (Å²) in [6.07, 6.45) is 0.332. The van der Waals surface area contributed by atoms with Crippen LogP contribution in [0.4, 0.5) is 8.78 Å². The number of rotatable bonds is 7. The lowest BCUT2D eigenvalue weighted by Crippen LogP contribution is -2.40. The summed E-state index contributed by atoms with van der Waals surface area (Å²) in [5, 5.41) is 6.60. The fraction of sp³-hybridized carbons (Fsp3) is 0.500. The average molecular weight is 270 g/mol. The molecular weight excluding hydrogens is 254 g/mol. The van der Waals surface area contributed by atoms with Crippen molar-refractivity contribution in [1.82, 2.24) is 5.32 Å². The van der Waals surface area contributed by atoms with E-state index >= 15 is 0 Å². The molecule has 0 saturated carbocycles. The second-order valence-electron chi connectivity index (χ2n) is 4.10. The molecule has 1 aromatic rings. The van der Waals surface area contributed by atoms with E-state index < -0.39 is 17.7 Å². The molecule has 19 heavy (non-hydrogen) atoms. The molecule has 0 amide bonds. The van der Waals surface area contributed by atoms with E-state index in [1.54, 1.807) is 7.05 Å². The maximum Gasteiger partial charge on any atom is 0.126 e. The molecule has 0 aromatic heterocycles. The van der Waals surface area contributed by atoms with E-state index in [0.717, 1.165) is 6.07 Å². The van der Waals surface area contributed by atoms with Gasteiger partial charge in [-0.25, -0.2) is 8.78 Å². The molecule has 7 heteroatoms. The molecule has 0 aliphatic rings. The highest BCUT2D eigenvalue weighted by atomic mass is 19.1. The maximum absolute atomic E-state index is 13.1. The minimum absolute atomic E-state index is 0.230. The van der Waals surface area contributed by atoms with Crippen LogP contribution in [0.1, 0.15) is 5.56 Å². The van der Waals surface area contributed by atoms with Crippen molar-refractivity contribution in [2.45, 2.75) is 18.5 Å². The van der Waals surface area contributed by atoms with Crippen molar-refractivity contribution < 1.29 is 13.5 Å². The zero-order chi connectivity index (χ0) is 14.3. The van der Waals surface area contributed by atoms with Gasteiger partial charge in [-0.1, -0.05) is 5.11 Å². The molecule has 1 aromatic carbocycles. The lowest BCUT2D eigenvalue weighted by molar-refractivity contribution is 0.165. The Morgan fingerprint density at radius 3 is 2.47 bits per heavy atom. The minimum Gasteiger partial charge on any atom is -0.384 e. The minimum atomic E-state index is -0.628. The van der Waals surface area contributed by atoms with Gasteiger partial charge in [-0.15, -0.1) is 0 Å². The molecule has 0 fully saturated rings. The second kappa shape index (κ2) is 7.68. The molecule has 1 rings (SSSR count). The Hall–Kier alpha value is -1.69. The Labute approximate surface area is 110 Å². The molecule has 0 aliphatic carbocycles. The van der Waals surface area contributed by atoms with Crippen molar-refractivity contribution in [3.8, 4) is 0 Å². The Morgan fingerprint density at radius 1 is 1.37 bits per heavy atom. The molecule has 0 heterocycles. The van der Waals surface area contributed by atoms with Gasteiger partial charge >= 0.3 is 0 Å². The molecular formula is C12H16F2N4O. The number of nitrogens with zero attached hydrogens (tertiary/aromatic N) is 3. The topological polar surface area (TPSA) is 70.0 Å². The van der Waals surface area contributed by atoms with Crippen LogP contribution in [-0.2, 0) is 11.2 Å². The molecule has 1 N–H and O–H groups in total. The summed E-state index contributed by atoms with van der Waals surface area (Å²) in [6, 6.07) is 2.61. The van der Waals surface area contributed by atoms with Gasteiger partial charge in [0.15, 0.2) is 0 Å². The van der Waals surface area contributed by atoms with E-state index in [0.29, 0.717) is 12.0 Å². The normalized spacial score (nSPS) is 13.7. The van der Waals surface area contributed by atoms with E-state index in [2.05, 4.69) is 15.3 Å². The zero-order valence-corrected chi connectivity index (χ0v) is 10.8. The first-order valence-corrected chi connectivity index (χ1v) is 5.76. The first-order chi connectivity index (χ1) is 9.10. The number of hydrogen-bond acceptors (Lipinski definition) is 3. The van der Waals surface area contributed by atoms with E-state index in [-0.39, 0.29) is 12.6 Å². The standard InChI is InChI=1S/C12H16F2N4O/c1-16-11(12(7-19-2)17-18-15)5-8-3-9(13)6-10(14)4-8/h3-4,6,11-12,16H,5,7H2,1-2H3/t11-,12?/m0/s1. The molecule has 0 bridgehead atoms. The van der Waals surface area contributed by atoms with Gasteiger partial charge in [-0.2, -0.15) is 0 Å². The molecule has 2 atom stereocenters. The monoisotopic (exact) mass is 270 g/mol. The second-order valence-corrected chi connectivity index (χ2v) is 4.10. The number of methoxy groups -OCH3 is 1. The summed E-state index contributed by atoms with van der Waals surface area (Å²) in [6.45, 7) is 0.230. The van der Waals surface area contributed by atoms with Crippen LogP contribution in [0.15, 0.2) is 23.3 Å². The highest BCUT2D eigenvalue weighted by Gasteiger charge is 2.19. The first kappa shape index (κ1) is 15.4. The van der Waals surface area contributed by atoms with Gasteiger partial charge < -0.3 is 10.1 Å². The number of halogens is 2. The SMILES string of the molecule is CN[C@@H](Cc1cc(F)cc(F)c1)C(COC)N=[N+]=[N-]. The smallest absolute Gasteiger partial charge is 0.126 e. The van der Waals surface area contributed by atoms with Gasteiger partial charge in [0.2, 0.25) is 0 Å². The van der Waals surface area contributed by atoms with E-state index in [1.165, 1.54) is 19.2 Å². The summed E-state index contributed by atoms with van der Waals surface area (Å²) in [5.41, 5.74) is 9.01. The Bertz CT molecular complexity index is 443. The lowest BCUT2D eigenvalue weighted by Gasteiger charge is -2.22. The molecule has 0 saturated heterocycles. The maximum atomic E-state index is 13.1. The molecule has 104 valence electrons. The number of nitrogens with one attached hydrogen (secondary N) is 1. The van der Waals surface area contributed by atoms with Crippen LogP contribution in [0.3, 0.4) is 0 Å². The highest BCUT2D eigenvalue weighted by Crippen LogP contribution is 2.13. The Balaban J connectivity index is 2.87. The van der Waals surface area contributed by atoms with Crippen LogP contribution >= 0.6 is 0 Å². The third-order valence-electron chi connectivity index (χ3n) is 2.75. The van der Waals surface area contributed by atoms with Gasteiger partial charge in [0.05, 0.1) is 12.6 Å². The van der Waals surface area contributed by atoms with Crippen molar-refractivity contribution in [2.75, 3.05) is 20.8 Å². The quantitative estimate of drug-likeness (QED) is 0.469. The van der Waals surface area contributed by atoms with Crippen molar-refractivity contribution in [2.24, 2.45) is 5.11 Å². The molecule has 5 nitrogen and oxygen atoms in total. The number of ether oxygens (including phenoxy) is 1. The number of benzene rings is 1. The third kappa shape index (κ3) is 4.82. The summed E-state index contributed by atoms with van der Waals surface area (Å²) in [5.74, 6) is -1.26. The number of hydrogen-bond donors (Lipinski definition) is 1. The van der Waals surface area contributed by atoms with Gasteiger partial charge in [-0.05, 0) is 36.7 Å². The van der Waals surface area contributed by atoms with Crippen LogP contribution < -0.4 is 5.32 Å². The summed E-state index contributed by atoms with van der Waals surface area (Å²) in [4.78, 5) is 2.76. The number of likely N-dealkylation sites (N-methyl/N-ethyl adjacent to an activating group) is 1.